The van der Waals surface area contributed by atoms with Crippen LogP contribution >= 0.6 is 0 Å². The van der Waals surface area contributed by atoms with Crippen molar-refractivity contribution in [1.82, 2.24) is 10.2 Å². The number of nitrogens with one attached hydrogen (secondary N) is 1. The van der Waals surface area contributed by atoms with Gasteiger partial charge in [-0.05, 0) is 30.7 Å². The van der Waals surface area contributed by atoms with E-state index in [-0.39, 0.29) is 11.3 Å². The van der Waals surface area contributed by atoms with Gasteiger partial charge in [-0.25, -0.2) is 4.79 Å². The first-order valence-electron chi connectivity index (χ1n) is 9.30. The zero-order chi connectivity index (χ0) is 23.0. The molecular formula is C21H23N3O7. The number of benzene rings is 2. The number of hydrogen-bond acceptors (Lipinski definition) is 7. The lowest BCUT2D eigenvalue weighted by atomic mass is 10.2. The molecule has 0 aliphatic rings. The van der Waals surface area contributed by atoms with Crippen LogP contribution < -0.4 is 10.1 Å². The van der Waals surface area contributed by atoms with Crippen molar-refractivity contribution < 1.29 is 28.8 Å². The summed E-state index contributed by atoms with van der Waals surface area (Å²) in [7, 11) is 3.14. The van der Waals surface area contributed by atoms with Gasteiger partial charge >= 0.3 is 5.97 Å². The molecule has 0 radical (unpaired) electrons. The zero-order valence-electron chi connectivity index (χ0n) is 17.4. The minimum absolute atomic E-state index is 0.0316. The Hall–Kier alpha value is -3.95. The SMILES string of the molecule is COc1ccc(CN(C)C(=O)COC(=O)C(C)NC(=O)c2cccc([N+](=O)[O-])c2)cc1. The molecule has 0 fully saturated rings. The highest BCUT2D eigenvalue weighted by Gasteiger charge is 2.21. The maximum Gasteiger partial charge on any atom is 0.328 e. The van der Waals surface area contributed by atoms with E-state index in [0.29, 0.717) is 12.3 Å². The Morgan fingerprint density at radius 2 is 1.84 bits per heavy atom. The van der Waals surface area contributed by atoms with Gasteiger partial charge < -0.3 is 19.7 Å². The molecule has 0 aliphatic carbocycles. The van der Waals surface area contributed by atoms with Gasteiger partial charge in [-0.1, -0.05) is 18.2 Å². The van der Waals surface area contributed by atoms with Crippen molar-refractivity contribution in [2.75, 3.05) is 20.8 Å². The maximum atomic E-state index is 12.2. The van der Waals surface area contributed by atoms with Crippen LogP contribution in [0.3, 0.4) is 0 Å². The quantitative estimate of drug-likeness (QED) is 0.366. The number of carbonyl (C=O) groups is 3. The van der Waals surface area contributed by atoms with Gasteiger partial charge in [0, 0.05) is 31.3 Å². The lowest BCUT2D eigenvalue weighted by Gasteiger charge is -2.18. The van der Waals surface area contributed by atoms with Crippen LogP contribution in [-0.2, 0) is 20.9 Å². The number of nitro benzene ring substituents is 1. The fourth-order valence-electron chi connectivity index (χ4n) is 2.56. The third-order valence-electron chi connectivity index (χ3n) is 4.36. The van der Waals surface area contributed by atoms with Crippen LogP contribution in [0.4, 0.5) is 5.69 Å². The Labute approximate surface area is 178 Å². The normalized spacial score (nSPS) is 11.2. The number of amides is 2. The first-order valence-corrected chi connectivity index (χ1v) is 9.30. The molecule has 1 N–H and O–H groups in total. The minimum Gasteiger partial charge on any atom is -0.497 e. The third-order valence-corrected chi connectivity index (χ3v) is 4.36. The van der Waals surface area contributed by atoms with Gasteiger partial charge in [-0.3, -0.25) is 19.7 Å². The molecule has 10 nitrogen and oxygen atoms in total. The molecule has 0 bridgehead atoms. The van der Waals surface area contributed by atoms with Crippen molar-refractivity contribution in [2.24, 2.45) is 0 Å². The van der Waals surface area contributed by atoms with E-state index in [2.05, 4.69) is 5.32 Å². The van der Waals surface area contributed by atoms with E-state index >= 15 is 0 Å². The number of esters is 1. The lowest BCUT2D eigenvalue weighted by Crippen LogP contribution is -2.41. The highest BCUT2D eigenvalue weighted by Crippen LogP contribution is 2.14. The molecule has 31 heavy (non-hydrogen) atoms. The van der Waals surface area contributed by atoms with Gasteiger partial charge in [0.2, 0.25) is 0 Å². The van der Waals surface area contributed by atoms with Crippen molar-refractivity contribution in [3.05, 3.63) is 69.8 Å². The molecule has 1 atom stereocenters. The van der Waals surface area contributed by atoms with Gasteiger partial charge in [-0.2, -0.15) is 0 Å². The summed E-state index contributed by atoms with van der Waals surface area (Å²) in [6.45, 7) is 1.23. The third kappa shape index (κ3) is 6.81. The standard InChI is InChI=1S/C21H23N3O7/c1-14(22-20(26)16-5-4-6-17(11-16)24(28)29)21(27)31-13-19(25)23(2)12-15-7-9-18(30-3)10-8-15/h4-11,14H,12-13H2,1-3H3,(H,22,26). The van der Waals surface area contributed by atoms with Gasteiger partial charge in [0.25, 0.3) is 17.5 Å². The number of likely N-dealkylation sites (N-methyl/N-ethyl adjacent to an activating group) is 1. The number of non-ortho nitro benzene ring substituents is 1. The number of methoxy groups -OCH3 is 1. The zero-order valence-corrected chi connectivity index (χ0v) is 17.4. The van der Waals surface area contributed by atoms with Crippen LogP contribution in [-0.4, -0.2) is 54.4 Å². The minimum atomic E-state index is -1.05. The molecule has 0 saturated heterocycles. The summed E-state index contributed by atoms with van der Waals surface area (Å²) >= 11 is 0. The van der Waals surface area contributed by atoms with Crippen molar-refractivity contribution in [3.8, 4) is 5.75 Å². The second-order valence-corrected chi connectivity index (χ2v) is 6.71. The Kier molecular flexibility index (Phi) is 8.07. The van der Waals surface area contributed by atoms with Crippen LogP contribution in [0.5, 0.6) is 5.75 Å². The van der Waals surface area contributed by atoms with Crippen molar-refractivity contribution >= 4 is 23.5 Å². The molecule has 0 heterocycles. The second-order valence-electron chi connectivity index (χ2n) is 6.71. The fraction of sp³-hybridized carbons (Fsp3) is 0.286. The van der Waals surface area contributed by atoms with E-state index in [9.17, 15) is 24.5 Å². The molecule has 0 aromatic heterocycles. The van der Waals surface area contributed by atoms with Gasteiger partial charge in [0.1, 0.15) is 11.8 Å². The van der Waals surface area contributed by atoms with Crippen LogP contribution in [0.2, 0.25) is 0 Å². The number of carbonyl (C=O) groups excluding carboxylic acids is 3. The molecule has 1 unspecified atom stereocenters. The van der Waals surface area contributed by atoms with Gasteiger partial charge in [0.15, 0.2) is 6.61 Å². The van der Waals surface area contributed by atoms with Crippen molar-refractivity contribution in [2.45, 2.75) is 19.5 Å². The second kappa shape index (κ2) is 10.7. The molecule has 2 aromatic rings. The summed E-state index contributed by atoms with van der Waals surface area (Å²) in [5.74, 6) is -1.18. The van der Waals surface area contributed by atoms with Gasteiger partial charge in [0.05, 0.1) is 12.0 Å². The van der Waals surface area contributed by atoms with Crippen LogP contribution in [0, 0.1) is 10.1 Å². The molecule has 0 saturated carbocycles. The predicted octanol–water partition coefficient (Wildman–Crippen LogP) is 1.92. The van der Waals surface area contributed by atoms with Crippen LogP contribution in [0.1, 0.15) is 22.8 Å². The molecule has 0 spiro atoms. The smallest absolute Gasteiger partial charge is 0.328 e. The van der Waals surface area contributed by atoms with Gasteiger partial charge in [-0.15, -0.1) is 0 Å². The number of hydrogen-bond donors (Lipinski definition) is 1. The van der Waals surface area contributed by atoms with E-state index in [1.807, 2.05) is 12.1 Å². The van der Waals surface area contributed by atoms with Crippen molar-refractivity contribution in [1.29, 1.82) is 0 Å². The molecule has 2 aromatic carbocycles. The molecule has 164 valence electrons. The first kappa shape index (κ1) is 23.3. The lowest BCUT2D eigenvalue weighted by molar-refractivity contribution is -0.384. The van der Waals surface area contributed by atoms with E-state index in [1.165, 1.54) is 30.0 Å². The summed E-state index contributed by atoms with van der Waals surface area (Å²) < 4.78 is 10.1. The van der Waals surface area contributed by atoms with E-state index < -0.39 is 35.4 Å². The Morgan fingerprint density at radius 3 is 2.45 bits per heavy atom. The first-order chi connectivity index (χ1) is 14.7. The summed E-state index contributed by atoms with van der Waals surface area (Å²) in [5.41, 5.74) is 0.665. The summed E-state index contributed by atoms with van der Waals surface area (Å²) in [6, 6.07) is 11.3. The predicted molar refractivity (Wildman–Crippen MR) is 110 cm³/mol. The van der Waals surface area contributed by atoms with E-state index in [4.69, 9.17) is 9.47 Å². The summed E-state index contributed by atoms with van der Waals surface area (Å²) in [6.07, 6.45) is 0. The summed E-state index contributed by atoms with van der Waals surface area (Å²) in [5, 5.41) is 13.2. The summed E-state index contributed by atoms with van der Waals surface area (Å²) in [4.78, 5) is 48.1. The topological polar surface area (TPSA) is 128 Å². The van der Waals surface area contributed by atoms with Crippen LogP contribution in [0.25, 0.3) is 0 Å². The van der Waals surface area contributed by atoms with Crippen LogP contribution in [0.15, 0.2) is 48.5 Å². The molecular weight excluding hydrogens is 406 g/mol. The number of nitrogens with zero attached hydrogens (tertiary/aromatic N) is 2. The average molecular weight is 429 g/mol. The monoisotopic (exact) mass is 429 g/mol. The number of ether oxygens (including phenoxy) is 2. The maximum absolute atomic E-state index is 12.2. The van der Waals surface area contributed by atoms with E-state index in [1.54, 1.807) is 26.3 Å². The highest BCUT2D eigenvalue weighted by molar-refractivity contribution is 5.97. The molecule has 2 amide bonds. The molecule has 0 aliphatic heterocycles. The Bertz CT molecular complexity index is 960. The number of rotatable bonds is 9. The van der Waals surface area contributed by atoms with E-state index in [0.717, 1.165) is 11.6 Å². The Balaban J connectivity index is 1.83. The molecule has 2 rings (SSSR count). The highest BCUT2D eigenvalue weighted by atomic mass is 16.6. The number of nitro groups is 1. The Morgan fingerprint density at radius 1 is 1.16 bits per heavy atom. The molecule has 10 heteroatoms. The fourth-order valence-corrected chi connectivity index (χ4v) is 2.56. The van der Waals surface area contributed by atoms with Crippen molar-refractivity contribution in [3.63, 3.8) is 0 Å². The largest absolute Gasteiger partial charge is 0.497 e. The average Bonchev–Trinajstić information content (AvgIpc) is 2.77.